The van der Waals surface area contributed by atoms with Gasteiger partial charge in [-0.15, -0.1) is 0 Å². The van der Waals surface area contributed by atoms with Gasteiger partial charge in [0, 0.05) is 5.75 Å². The normalized spacial score (nSPS) is 23.7. The zero-order chi connectivity index (χ0) is 28.6. The molecule has 1 N–H and O–H groups in total. The molecule has 1 fully saturated rings. The summed E-state index contributed by atoms with van der Waals surface area (Å²) in [6.45, 7) is 0.0729. The lowest BCUT2D eigenvalue weighted by atomic mass is 9.98. The topological polar surface area (TPSA) is 121 Å². The van der Waals surface area contributed by atoms with Gasteiger partial charge >= 0.3 is 17.9 Å². The van der Waals surface area contributed by atoms with Crippen LogP contribution in [0.3, 0.4) is 0 Å². The molecule has 2 aliphatic rings. The van der Waals surface area contributed by atoms with Crippen molar-refractivity contribution in [2.24, 2.45) is 4.99 Å². The first kappa shape index (κ1) is 28.9. The van der Waals surface area contributed by atoms with Crippen LogP contribution >= 0.6 is 23.5 Å². The lowest BCUT2D eigenvalue weighted by molar-refractivity contribution is -0.206. The van der Waals surface area contributed by atoms with Gasteiger partial charge < -0.3 is 24.1 Å². The second kappa shape index (κ2) is 13.8. The molecular formula is C30H27NO8S2. The number of carbonyl (C=O) groups is 3. The van der Waals surface area contributed by atoms with Gasteiger partial charge in [-0.25, -0.2) is 14.4 Å². The molecular weight excluding hydrogens is 566 g/mol. The molecule has 9 nitrogen and oxygen atoms in total. The van der Waals surface area contributed by atoms with Gasteiger partial charge in [0.2, 0.25) is 0 Å². The van der Waals surface area contributed by atoms with E-state index in [0.29, 0.717) is 10.9 Å². The van der Waals surface area contributed by atoms with Gasteiger partial charge in [-0.2, -0.15) is 0 Å². The maximum absolute atomic E-state index is 13.3. The van der Waals surface area contributed by atoms with E-state index in [4.69, 9.17) is 18.9 Å². The summed E-state index contributed by atoms with van der Waals surface area (Å²) in [6, 6.07) is 24.9. The van der Waals surface area contributed by atoms with E-state index in [1.54, 1.807) is 91.0 Å². The first-order chi connectivity index (χ1) is 20.0. The van der Waals surface area contributed by atoms with Crippen LogP contribution in [-0.4, -0.2) is 76.1 Å². The van der Waals surface area contributed by atoms with Crippen molar-refractivity contribution in [3.05, 3.63) is 108 Å². The summed E-state index contributed by atoms with van der Waals surface area (Å²) in [7, 11) is 0. The number of esters is 3. The highest BCUT2D eigenvalue weighted by molar-refractivity contribution is 8.39. The Morgan fingerprint density at radius 2 is 1.22 bits per heavy atom. The lowest BCUT2D eigenvalue weighted by Crippen LogP contribution is -2.61. The smallest absolute Gasteiger partial charge is 0.338 e. The SMILES string of the molecule is O=C(OC1C(CO)OC(SC2=NCCS2)C(OC(=O)c2ccccc2)C1OC(=O)c1ccccc1)c1ccccc1. The first-order valence-electron chi connectivity index (χ1n) is 12.9. The number of carbonyl (C=O) groups excluding carboxylic acids is 3. The Kier molecular flexibility index (Phi) is 9.73. The molecule has 0 saturated carbocycles. The molecule has 2 aliphatic heterocycles. The summed E-state index contributed by atoms with van der Waals surface area (Å²) in [4.78, 5) is 44.2. The van der Waals surface area contributed by atoms with E-state index < -0.39 is 54.4 Å². The van der Waals surface area contributed by atoms with E-state index in [9.17, 15) is 19.5 Å². The number of aliphatic hydroxyl groups excluding tert-OH is 1. The molecule has 212 valence electrons. The fourth-order valence-corrected chi connectivity index (χ4v) is 6.56. The molecule has 0 amide bonds. The van der Waals surface area contributed by atoms with Crippen LogP contribution in [-0.2, 0) is 18.9 Å². The summed E-state index contributed by atoms with van der Waals surface area (Å²) in [5, 5.41) is 10.3. The predicted molar refractivity (Wildman–Crippen MR) is 155 cm³/mol. The number of aliphatic hydroxyl groups is 1. The van der Waals surface area contributed by atoms with Gasteiger partial charge in [-0.3, -0.25) is 4.99 Å². The molecule has 3 aromatic carbocycles. The van der Waals surface area contributed by atoms with Crippen molar-refractivity contribution in [2.45, 2.75) is 29.9 Å². The second-order valence-electron chi connectivity index (χ2n) is 9.05. The maximum atomic E-state index is 13.3. The number of aliphatic imine (C=N–C) groups is 1. The summed E-state index contributed by atoms with van der Waals surface area (Å²) in [5.41, 5.74) is -0.146. The number of thioether (sulfide) groups is 2. The Labute approximate surface area is 245 Å². The van der Waals surface area contributed by atoms with Crippen molar-refractivity contribution >= 4 is 45.8 Å². The van der Waals surface area contributed by atoms with Gasteiger partial charge in [0.1, 0.15) is 10.5 Å². The van der Waals surface area contributed by atoms with E-state index in [1.165, 1.54) is 23.5 Å². The fourth-order valence-electron chi connectivity index (χ4n) is 4.31. The number of benzene rings is 3. The summed E-state index contributed by atoms with van der Waals surface area (Å²) >= 11 is 2.73. The molecule has 1 saturated heterocycles. The zero-order valence-corrected chi connectivity index (χ0v) is 23.4. The van der Waals surface area contributed by atoms with E-state index in [-0.39, 0.29) is 16.7 Å². The van der Waals surface area contributed by atoms with E-state index in [0.717, 1.165) is 5.75 Å². The Morgan fingerprint density at radius 3 is 1.66 bits per heavy atom. The van der Waals surface area contributed by atoms with Crippen LogP contribution in [0.15, 0.2) is 96.0 Å². The monoisotopic (exact) mass is 593 g/mol. The summed E-state index contributed by atoms with van der Waals surface area (Å²) < 4.78 is 24.6. The van der Waals surface area contributed by atoms with Crippen LogP contribution in [0.4, 0.5) is 0 Å². The molecule has 5 rings (SSSR count). The summed E-state index contributed by atoms with van der Waals surface area (Å²) in [5.74, 6) is -1.32. The molecule has 11 heteroatoms. The quantitative estimate of drug-likeness (QED) is 0.300. The minimum absolute atomic E-state index is 0.251. The Hall–Kier alpha value is -3.64. The van der Waals surface area contributed by atoms with Gasteiger partial charge in [0.15, 0.2) is 23.7 Å². The molecule has 0 spiro atoms. The van der Waals surface area contributed by atoms with Crippen LogP contribution < -0.4 is 0 Å². The van der Waals surface area contributed by atoms with Crippen molar-refractivity contribution in [3.8, 4) is 0 Å². The number of rotatable bonds is 8. The van der Waals surface area contributed by atoms with E-state index in [2.05, 4.69) is 4.99 Å². The Bertz CT molecular complexity index is 1370. The molecule has 2 heterocycles. The number of hydrogen-bond acceptors (Lipinski definition) is 11. The summed E-state index contributed by atoms with van der Waals surface area (Å²) in [6.07, 6.45) is -4.93. The molecule has 0 aliphatic carbocycles. The number of nitrogens with zero attached hydrogens (tertiary/aromatic N) is 1. The van der Waals surface area contributed by atoms with Gasteiger partial charge in [0.05, 0.1) is 29.8 Å². The van der Waals surface area contributed by atoms with Crippen LogP contribution in [0.25, 0.3) is 0 Å². The average Bonchev–Trinajstić information content (AvgIpc) is 3.54. The number of ether oxygens (including phenoxy) is 4. The third kappa shape index (κ3) is 7.17. The van der Waals surface area contributed by atoms with Crippen LogP contribution in [0.2, 0.25) is 0 Å². The van der Waals surface area contributed by atoms with Crippen LogP contribution in [0.5, 0.6) is 0 Å². The van der Waals surface area contributed by atoms with E-state index >= 15 is 0 Å². The molecule has 5 atom stereocenters. The fraction of sp³-hybridized carbons (Fsp3) is 0.267. The molecule has 0 radical (unpaired) electrons. The first-order valence-corrected chi connectivity index (χ1v) is 14.8. The van der Waals surface area contributed by atoms with Crippen LogP contribution in [0, 0.1) is 0 Å². The predicted octanol–water partition coefficient (Wildman–Crippen LogP) is 4.22. The Morgan fingerprint density at radius 1 is 0.756 bits per heavy atom. The van der Waals surface area contributed by atoms with Crippen LogP contribution in [0.1, 0.15) is 31.1 Å². The third-order valence-electron chi connectivity index (χ3n) is 6.30. The highest BCUT2D eigenvalue weighted by atomic mass is 32.2. The second-order valence-corrected chi connectivity index (χ2v) is 11.5. The van der Waals surface area contributed by atoms with Crippen molar-refractivity contribution in [2.75, 3.05) is 18.9 Å². The minimum atomic E-state index is -1.32. The zero-order valence-electron chi connectivity index (χ0n) is 21.7. The molecule has 5 unspecified atom stereocenters. The molecule has 0 bridgehead atoms. The van der Waals surface area contributed by atoms with E-state index in [1.807, 2.05) is 0 Å². The molecule has 41 heavy (non-hydrogen) atoms. The molecule has 3 aromatic rings. The number of hydrogen-bond donors (Lipinski definition) is 1. The third-order valence-corrected chi connectivity index (χ3v) is 8.65. The highest BCUT2D eigenvalue weighted by Crippen LogP contribution is 2.38. The minimum Gasteiger partial charge on any atom is -0.452 e. The van der Waals surface area contributed by atoms with Gasteiger partial charge in [-0.1, -0.05) is 78.1 Å². The van der Waals surface area contributed by atoms with Crippen molar-refractivity contribution in [3.63, 3.8) is 0 Å². The standard InChI is InChI=1S/C30H27NO8S2/c32-18-22-23(37-26(33)19-10-4-1-5-11-19)24(38-27(34)20-12-6-2-7-13-20)25(29(36-22)41-30-31-16-17-40-30)39-28(35)21-14-8-3-9-15-21/h1-15,22-25,29,32H,16-18H2. The van der Waals surface area contributed by atoms with Gasteiger partial charge in [-0.05, 0) is 36.4 Å². The largest absolute Gasteiger partial charge is 0.452 e. The highest BCUT2D eigenvalue weighted by Gasteiger charge is 2.53. The maximum Gasteiger partial charge on any atom is 0.338 e. The average molecular weight is 594 g/mol. The Balaban J connectivity index is 1.52. The molecule has 0 aromatic heterocycles. The van der Waals surface area contributed by atoms with Crippen molar-refractivity contribution < 1.29 is 38.4 Å². The van der Waals surface area contributed by atoms with Crippen molar-refractivity contribution in [1.82, 2.24) is 0 Å². The van der Waals surface area contributed by atoms with Gasteiger partial charge in [0.25, 0.3) is 0 Å². The lowest BCUT2D eigenvalue weighted by Gasteiger charge is -2.44. The van der Waals surface area contributed by atoms with Crippen molar-refractivity contribution in [1.29, 1.82) is 0 Å².